The molecule has 0 bridgehead atoms. The summed E-state index contributed by atoms with van der Waals surface area (Å²) in [5, 5.41) is 8.32. The fourth-order valence-electron chi connectivity index (χ4n) is 5.05. The SMILES string of the molecule is C[C@@H]1CN(c2nc3c(-c4ccc(-c5ccccc5)nc4)cnn3c3c2CCCN3)C[C@H](C)O1. The molecular formula is C26H28N6O. The van der Waals surface area contributed by atoms with Gasteiger partial charge in [-0.15, -0.1) is 0 Å². The molecule has 0 aliphatic carbocycles. The van der Waals surface area contributed by atoms with Crippen molar-refractivity contribution in [1.82, 2.24) is 19.6 Å². The second-order valence-electron chi connectivity index (χ2n) is 9.05. The first kappa shape index (κ1) is 20.2. The zero-order valence-electron chi connectivity index (χ0n) is 19.0. The van der Waals surface area contributed by atoms with Crippen LogP contribution in [-0.2, 0) is 11.2 Å². The Labute approximate surface area is 193 Å². The topological polar surface area (TPSA) is 67.6 Å². The molecule has 0 amide bonds. The number of anilines is 2. The number of hydrogen-bond donors (Lipinski definition) is 1. The van der Waals surface area contributed by atoms with Crippen LogP contribution < -0.4 is 10.2 Å². The fourth-order valence-corrected chi connectivity index (χ4v) is 5.05. The molecular weight excluding hydrogens is 412 g/mol. The first-order valence-corrected chi connectivity index (χ1v) is 11.7. The van der Waals surface area contributed by atoms with E-state index in [1.54, 1.807) is 0 Å². The molecule has 7 nitrogen and oxygen atoms in total. The van der Waals surface area contributed by atoms with Gasteiger partial charge < -0.3 is 15.0 Å². The third-order valence-electron chi connectivity index (χ3n) is 6.48. The Morgan fingerprint density at radius 2 is 1.79 bits per heavy atom. The minimum Gasteiger partial charge on any atom is -0.372 e. The summed E-state index contributed by atoms with van der Waals surface area (Å²) in [6, 6.07) is 14.4. The molecule has 33 heavy (non-hydrogen) atoms. The quantitative estimate of drug-likeness (QED) is 0.508. The Balaban J connectivity index is 1.45. The lowest BCUT2D eigenvalue weighted by atomic mass is 10.1. The number of nitrogens with zero attached hydrogens (tertiary/aromatic N) is 5. The van der Waals surface area contributed by atoms with Crippen LogP contribution in [0.25, 0.3) is 28.0 Å². The summed E-state index contributed by atoms with van der Waals surface area (Å²) in [7, 11) is 0. The predicted octanol–water partition coefficient (Wildman–Crippen LogP) is 4.43. The van der Waals surface area contributed by atoms with Crippen molar-refractivity contribution in [2.45, 2.75) is 38.9 Å². The highest BCUT2D eigenvalue weighted by atomic mass is 16.5. The predicted molar refractivity (Wildman–Crippen MR) is 131 cm³/mol. The molecule has 0 radical (unpaired) electrons. The van der Waals surface area contributed by atoms with Crippen molar-refractivity contribution < 1.29 is 4.74 Å². The molecule has 3 aromatic heterocycles. The number of nitrogens with one attached hydrogen (secondary N) is 1. The van der Waals surface area contributed by atoms with Crippen LogP contribution in [0.3, 0.4) is 0 Å². The molecule has 1 N–H and O–H groups in total. The lowest BCUT2D eigenvalue weighted by molar-refractivity contribution is -0.00550. The second kappa shape index (κ2) is 8.15. The fraction of sp³-hybridized carbons (Fsp3) is 0.346. The van der Waals surface area contributed by atoms with Gasteiger partial charge in [0.05, 0.1) is 24.1 Å². The van der Waals surface area contributed by atoms with Crippen molar-refractivity contribution in [3.05, 3.63) is 60.4 Å². The largest absolute Gasteiger partial charge is 0.372 e. The van der Waals surface area contributed by atoms with E-state index in [2.05, 4.69) is 48.3 Å². The molecule has 0 spiro atoms. The van der Waals surface area contributed by atoms with E-state index in [-0.39, 0.29) is 12.2 Å². The molecule has 2 aliphatic heterocycles. The van der Waals surface area contributed by atoms with Crippen LogP contribution in [0.5, 0.6) is 0 Å². The van der Waals surface area contributed by atoms with Crippen LogP contribution in [0.1, 0.15) is 25.8 Å². The van der Waals surface area contributed by atoms with Gasteiger partial charge in [-0.05, 0) is 32.8 Å². The summed E-state index contributed by atoms with van der Waals surface area (Å²) < 4.78 is 7.95. The average Bonchev–Trinajstić information content (AvgIpc) is 3.28. The third kappa shape index (κ3) is 3.62. The molecule has 7 heteroatoms. The smallest absolute Gasteiger partial charge is 0.167 e. The first-order valence-electron chi connectivity index (χ1n) is 11.7. The normalized spacial score (nSPS) is 20.5. The van der Waals surface area contributed by atoms with Gasteiger partial charge in [0.2, 0.25) is 0 Å². The van der Waals surface area contributed by atoms with Crippen LogP contribution in [0, 0.1) is 0 Å². The van der Waals surface area contributed by atoms with Crippen molar-refractivity contribution in [2.75, 3.05) is 29.9 Å². The number of rotatable bonds is 3. The van der Waals surface area contributed by atoms with Gasteiger partial charge in [-0.1, -0.05) is 36.4 Å². The summed E-state index contributed by atoms with van der Waals surface area (Å²) in [6.07, 6.45) is 6.29. The molecule has 0 saturated carbocycles. The third-order valence-corrected chi connectivity index (χ3v) is 6.48. The number of aromatic nitrogens is 4. The molecule has 2 aliphatic rings. The number of hydrogen-bond acceptors (Lipinski definition) is 6. The number of ether oxygens (including phenoxy) is 1. The minimum absolute atomic E-state index is 0.179. The van der Waals surface area contributed by atoms with Gasteiger partial charge in [-0.25, -0.2) is 4.98 Å². The van der Waals surface area contributed by atoms with E-state index in [1.807, 2.05) is 35.1 Å². The van der Waals surface area contributed by atoms with E-state index in [0.29, 0.717) is 0 Å². The summed E-state index contributed by atoms with van der Waals surface area (Å²) in [5.74, 6) is 2.12. The molecule has 6 rings (SSSR count). The van der Waals surface area contributed by atoms with Gasteiger partial charge in [-0.2, -0.15) is 9.61 Å². The van der Waals surface area contributed by atoms with Gasteiger partial charge in [-0.3, -0.25) is 4.98 Å². The summed E-state index contributed by atoms with van der Waals surface area (Å²) in [4.78, 5) is 12.3. The zero-order valence-corrected chi connectivity index (χ0v) is 19.0. The summed E-state index contributed by atoms with van der Waals surface area (Å²) >= 11 is 0. The van der Waals surface area contributed by atoms with Gasteiger partial charge in [0.1, 0.15) is 11.6 Å². The lowest BCUT2D eigenvalue weighted by Crippen LogP contribution is -2.46. The average molecular weight is 441 g/mol. The molecule has 2 atom stereocenters. The minimum atomic E-state index is 0.179. The first-order chi connectivity index (χ1) is 16.2. The van der Waals surface area contributed by atoms with Crippen LogP contribution in [0.2, 0.25) is 0 Å². The molecule has 1 fully saturated rings. The highest BCUT2D eigenvalue weighted by Gasteiger charge is 2.29. The zero-order chi connectivity index (χ0) is 22.4. The van der Waals surface area contributed by atoms with E-state index in [9.17, 15) is 0 Å². The molecule has 1 saturated heterocycles. The van der Waals surface area contributed by atoms with Gasteiger partial charge in [0.15, 0.2) is 5.65 Å². The Morgan fingerprint density at radius 1 is 0.970 bits per heavy atom. The highest BCUT2D eigenvalue weighted by molar-refractivity contribution is 5.81. The van der Waals surface area contributed by atoms with Crippen LogP contribution >= 0.6 is 0 Å². The number of benzene rings is 1. The van der Waals surface area contributed by atoms with Crippen molar-refractivity contribution in [3.63, 3.8) is 0 Å². The van der Waals surface area contributed by atoms with Crippen molar-refractivity contribution in [2.24, 2.45) is 0 Å². The van der Waals surface area contributed by atoms with Gasteiger partial charge >= 0.3 is 0 Å². The van der Waals surface area contributed by atoms with Gasteiger partial charge in [0.25, 0.3) is 0 Å². The monoisotopic (exact) mass is 440 g/mol. The number of morpholine rings is 1. The maximum absolute atomic E-state index is 5.98. The van der Waals surface area contributed by atoms with E-state index in [0.717, 1.165) is 72.1 Å². The Morgan fingerprint density at radius 3 is 2.55 bits per heavy atom. The van der Waals surface area contributed by atoms with Crippen molar-refractivity contribution in [3.8, 4) is 22.4 Å². The van der Waals surface area contributed by atoms with E-state index in [1.165, 1.54) is 5.56 Å². The van der Waals surface area contributed by atoms with E-state index in [4.69, 9.17) is 19.8 Å². The molecule has 1 aromatic carbocycles. The Bertz CT molecular complexity index is 1270. The Hall–Kier alpha value is -3.45. The van der Waals surface area contributed by atoms with Crippen molar-refractivity contribution in [1.29, 1.82) is 0 Å². The van der Waals surface area contributed by atoms with Crippen LogP contribution in [0.4, 0.5) is 11.6 Å². The molecule has 168 valence electrons. The lowest BCUT2D eigenvalue weighted by Gasteiger charge is -2.37. The van der Waals surface area contributed by atoms with E-state index < -0.39 is 0 Å². The molecule has 4 aromatic rings. The molecule has 0 unspecified atom stereocenters. The number of pyridine rings is 1. The van der Waals surface area contributed by atoms with Crippen LogP contribution in [0.15, 0.2) is 54.9 Å². The van der Waals surface area contributed by atoms with Crippen molar-refractivity contribution >= 4 is 17.3 Å². The maximum atomic E-state index is 5.98. The van der Waals surface area contributed by atoms with Crippen LogP contribution in [-0.4, -0.2) is 51.4 Å². The molecule has 5 heterocycles. The Kier molecular flexibility index (Phi) is 4.99. The standard InChI is InChI=1S/C26H28N6O/c1-17-15-31(16-18(2)33-17)25-21-9-6-12-27-24(21)32-26(30-25)22(14-29-32)20-10-11-23(28-13-20)19-7-4-3-5-8-19/h3-5,7-8,10-11,13-14,17-18,27H,6,9,12,15-16H2,1-2H3/t17-,18+. The summed E-state index contributed by atoms with van der Waals surface area (Å²) in [5.41, 5.74) is 6.19. The highest BCUT2D eigenvalue weighted by Crippen LogP contribution is 2.35. The number of fused-ring (bicyclic) bond motifs is 3. The second-order valence-corrected chi connectivity index (χ2v) is 9.05. The van der Waals surface area contributed by atoms with E-state index >= 15 is 0 Å². The van der Waals surface area contributed by atoms with Gasteiger partial charge in [0, 0.05) is 48.1 Å². The maximum Gasteiger partial charge on any atom is 0.167 e. The summed E-state index contributed by atoms with van der Waals surface area (Å²) in [6.45, 7) is 6.91.